The molecular formula is C18H24FIN4O. The second-order valence-corrected chi connectivity index (χ2v) is 5.36. The topological polar surface area (TPSA) is 49.8 Å². The van der Waals surface area contributed by atoms with Gasteiger partial charge in [-0.05, 0) is 30.2 Å². The van der Waals surface area contributed by atoms with Gasteiger partial charge in [-0.25, -0.2) is 14.4 Å². The molecule has 25 heavy (non-hydrogen) atoms. The van der Waals surface area contributed by atoms with Gasteiger partial charge in [-0.15, -0.1) is 24.0 Å². The van der Waals surface area contributed by atoms with Gasteiger partial charge >= 0.3 is 0 Å². The molecule has 0 aliphatic rings. The Morgan fingerprint density at radius 2 is 1.88 bits per heavy atom. The largest absolute Gasteiger partial charge is 0.481 e. The van der Waals surface area contributed by atoms with Gasteiger partial charge in [-0.3, -0.25) is 0 Å². The SMILES string of the molecule is CCNC(=NCc1ccc(OC)nc1)N(C)Cc1ccc(F)cc1.I. The van der Waals surface area contributed by atoms with Crippen molar-refractivity contribution in [3.05, 3.63) is 59.5 Å². The van der Waals surface area contributed by atoms with Crippen molar-refractivity contribution < 1.29 is 9.13 Å². The molecule has 1 N–H and O–H groups in total. The smallest absolute Gasteiger partial charge is 0.212 e. The van der Waals surface area contributed by atoms with Gasteiger partial charge in [-0.2, -0.15) is 0 Å². The maximum atomic E-state index is 13.0. The number of hydrogen-bond acceptors (Lipinski definition) is 3. The molecule has 0 saturated carbocycles. The summed E-state index contributed by atoms with van der Waals surface area (Å²) >= 11 is 0. The van der Waals surface area contributed by atoms with Crippen molar-refractivity contribution in [3.8, 4) is 5.88 Å². The van der Waals surface area contributed by atoms with Crippen molar-refractivity contribution in [1.29, 1.82) is 0 Å². The summed E-state index contributed by atoms with van der Waals surface area (Å²) in [6.45, 7) is 3.96. The Hall–Kier alpha value is -1.90. The molecule has 2 rings (SSSR count). The molecule has 7 heteroatoms. The zero-order valence-corrected chi connectivity index (χ0v) is 17.0. The second-order valence-electron chi connectivity index (χ2n) is 5.36. The maximum absolute atomic E-state index is 13.0. The summed E-state index contributed by atoms with van der Waals surface area (Å²) in [5.41, 5.74) is 2.03. The van der Waals surface area contributed by atoms with E-state index in [0.29, 0.717) is 19.0 Å². The first-order chi connectivity index (χ1) is 11.6. The first-order valence-electron chi connectivity index (χ1n) is 7.85. The van der Waals surface area contributed by atoms with Crippen molar-refractivity contribution in [2.75, 3.05) is 20.7 Å². The first kappa shape index (κ1) is 21.1. The third-order valence-electron chi connectivity index (χ3n) is 3.45. The molecule has 1 aromatic carbocycles. The highest BCUT2D eigenvalue weighted by atomic mass is 127. The van der Waals surface area contributed by atoms with E-state index in [1.54, 1.807) is 25.4 Å². The highest BCUT2D eigenvalue weighted by Crippen LogP contribution is 2.09. The van der Waals surface area contributed by atoms with E-state index in [2.05, 4.69) is 15.3 Å². The lowest BCUT2D eigenvalue weighted by Gasteiger charge is -2.22. The fourth-order valence-electron chi connectivity index (χ4n) is 2.20. The molecule has 5 nitrogen and oxygen atoms in total. The van der Waals surface area contributed by atoms with E-state index in [-0.39, 0.29) is 29.8 Å². The summed E-state index contributed by atoms with van der Waals surface area (Å²) < 4.78 is 18.1. The molecular weight excluding hydrogens is 434 g/mol. The molecule has 0 fully saturated rings. The van der Waals surface area contributed by atoms with Crippen molar-refractivity contribution in [3.63, 3.8) is 0 Å². The molecule has 0 saturated heterocycles. The number of aromatic nitrogens is 1. The molecule has 136 valence electrons. The molecule has 0 spiro atoms. The number of rotatable bonds is 6. The average Bonchev–Trinajstić information content (AvgIpc) is 2.61. The van der Waals surface area contributed by atoms with Crippen LogP contribution in [-0.2, 0) is 13.1 Å². The lowest BCUT2D eigenvalue weighted by Crippen LogP contribution is -2.38. The van der Waals surface area contributed by atoms with E-state index in [9.17, 15) is 4.39 Å². The van der Waals surface area contributed by atoms with Crippen molar-refractivity contribution in [1.82, 2.24) is 15.2 Å². The summed E-state index contributed by atoms with van der Waals surface area (Å²) in [6.07, 6.45) is 1.76. The number of hydrogen-bond donors (Lipinski definition) is 1. The van der Waals surface area contributed by atoms with Crippen LogP contribution in [0.2, 0.25) is 0 Å². The summed E-state index contributed by atoms with van der Waals surface area (Å²) in [6, 6.07) is 10.3. The number of benzene rings is 1. The van der Waals surface area contributed by atoms with Crippen molar-refractivity contribution in [2.24, 2.45) is 4.99 Å². The zero-order chi connectivity index (χ0) is 17.4. The molecule has 0 aliphatic heterocycles. The Morgan fingerprint density at radius 1 is 1.20 bits per heavy atom. The van der Waals surface area contributed by atoms with E-state index in [1.807, 2.05) is 31.0 Å². The molecule has 1 aromatic heterocycles. The van der Waals surface area contributed by atoms with Crippen LogP contribution >= 0.6 is 24.0 Å². The lowest BCUT2D eigenvalue weighted by atomic mass is 10.2. The van der Waals surface area contributed by atoms with Gasteiger partial charge in [0.1, 0.15) is 5.82 Å². The Bertz CT molecular complexity index is 662. The Balaban J connectivity index is 0.00000312. The lowest BCUT2D eigenvalue weighted by molar-refractivity contribution is 0.397. The standard InChI is InChI=1S/C18H23FN4O.HI/c1-4-20-18(22-12-15-7-10-17(24-3)21-11-15)23(2)13-14-5-8-16(19)9-6-14;/h5-11H,4,12-13H2,1-3H3,(H,20,22);1H. The predicted molar refractivity (Wildman–Crippen MR) is 109 cm³/mol. The van der Waals surface area contributed by atoms with Crippen molar-refractivity contribution >= 4 is 29.9 Å². The van der Waals surface area contributed by atoms with Crippen LogP contribution in [0.3, 0.4) is 0 Å². The van der Waals surface area contributed by atoms with E-state index in [4.69, 9.17) is 4.74 Å². The quantitative estimate of drug-likeness (QED) is 0.410. The van der Waals surface area contributed by atoms with Gasteiger partial charge < -0.3 is 15.0 Å². The van der Waals surface area contributed by atoms with Gasteiger partial charge in [0.25, 0.3) is 0 Å². The van der Waals surface area contributed by atoms with Crippen LogP contribution in [0, 0.1) is 5.82 Å². The molecule has 0 bridgehead atoms. The summed E-state index contributed by atoms with van der Waals surface area (Å²) in [5, 5.41) is 3.26. The van der Waals surface area contributed by atoms with E-state index >= 15 is 0 Å². The predicted octanol–water partition coefficient (Wildman–Crippen LogP) is 3.44. The van der Waals surface area contributed by atoms with E-state index in [1.165, 1.54) is 12.1 Å². The number of pyridine rings is 1. The van der Waals surface area contributed by atoms with Crippen LogP contribution in [0.4, 0.5) is 4.39 Å². The van der Waals surface area contributed by atoms with Gasteiger partial charge in [0.15, 0.2) is 5.96 Å². The minimum Gasteiger partial charge on any atom is -0.481 e. The van der Waals surface area contributed by atoms with Crippen LogP contribution < -0.4 is 10.1 Å². The van der Waals surface area contributed by atoms with Gasteiger partial charge in [0.2, 0.25) is 5.88 Å². The van der Waals surface area contributed by atoms with Crippen LogP contribution in [0.25, 0.3) is 0 Å². The minimum atomic E-state index is -0.228. The number of guanidine groups is 1. The Kier molecular flexibility index (Phi) is 9.18. The van der Waals surface area contributed by atoms with Gasteiger partial charge in [-0.1, -0.05) is 18.2 Å². The maximum Gasteiger partial charge on any atom is 0.212 e. The minimum absolute atomic E-state index is 0. The van der Waals surface area contributed by atoms with Crippen LogP contribution in [0.5, 0.6) is 5.88 Å². The van der Waals surface area contributed by atoms with Crippen molar-refractivity contribution in [2.45, 2.75) is 20.0 Å². The summed E-state index contributed by atoms with van der Waals surface area (Å²) in [4.78, 5) is 10.8. The average molecular weight is 458 g/mol. The molecule has 0 aliphatic carbocycles. The highest BCUT2D eigenvalue weighted by molar-refractivity contribution is 14.0. The van der Waals surface area contributed by atoms with Crippen LogP contribution in [0.15, 0.2) is 47.6 Å². The monoisotopic (exact) mass is 458 g/mol. The number of ether oxygens (including phenoxy) is 1. The number of halogens is 2. The third-order valence-corrected chi connectivity index (χ3v) is 3.45. The molecule has 0 atom stereocenters. The highest BCUT2D eigenvalue weighted by Gasteiger charge is 2.07. The fourth-order valence-corrected chi connectivity index (χ4v) is 2.20. The van der Waals surface area contributed by atoms with Gasteiger partial charge in [0.05, 0.1) is 13.7 Å². The number of nitrogens with zero attached hydrogens (tertiary/aromatic N) is 3. The normalized spacial score (nSPS) is 10.8. The van der Waals surface area contributed by atoms with Gasteiger partial charge in [0, 0.05) is 32.4 Å². The summed E-state index contributed by atoms with van der Waals surface area (Å²) in [5.74, 6) is 1.15. The van der Waals surface area contributed by atoms with E-state index in [0.717, 1.165) is 23.6 Å². The molecule has 0 amide bonds. The number of aliphatic imine (C=N–C) groups is 1. The first-order valence-corrected chi connectivity index (χ1v) is 7.85. The molecule has 0 radical (unpaired) electrons. The number of methoxy groups -OCH3 is 1. The second kappa shape index (κ2) is 10.9. The third kappa shape index (κ3) is 6.85. The summed E-state index contributed by atoms with van der Waals surface area (Å²) in [7, 11) is 3.55. The molecule has 2 aromatic rings. The zero-order valence-electron chi connectivity index (χ0n) is 14.7. The van der Waals surface area contributed by atoms with Crippen LogP contribution in [-0.4, -0.2) is 36.5 Å². The van der Waals surface area contributed by atoms with Crippen LogP contribution in [0.1, 0.15) is 18.1 Å². The number of nitrogens with one attached hydrogen (secondary N) is 1. The Labute approximate surface area is 165 Å². The molecule has 0 unspecified atom stereocenters. The Morgan fingerprint density at radius 3 is 2.44 bits per heavy atom. The van der Waals surface area contributed by atoms with E-state index < -0.39 is 0 Å². The fraction of sp³-hybridized carbons (Fsp3) is 0.333. The molecule has 1 heterocycles.